The van der Waals surface area contributed by atoms with E-state index >= 15 is 0 Å². The maximum absolute atomic E-state index is 10.5. The Kier molecular flexibility index (Phi) is 2.70. The minimum Gasteiger partial charge on any atom is -0.504 e. The van der Waals surface area contributed by atoms with E-state index in [1.807, 2.05) is 0 Å². The van der Waals surface area contributed by atoms with Crippen molar-refractivity contribution >= 4 is 21.9 Å². The summed E-state index contributed by atoms with van der Waals surface area (Å²) in [6, 6.07) is 4.63. The lowest BCUT2D eigenvalue weighted by atomic mass is 10.3. The average Bonchev–Trinajstić information content (AvgIpc) is 1.96. The Morgan fingerprint density at radius 1 is 1.58 bits per heavy atom. The number of phenolic OH excluding ortho intramolecular Hbond substituents is 1. The van der Waals surface area contributed by atoms with E-state index < -0.39 is 5.97 Å². The van der Waals surface area contributed by atoms with Crippen molar-refractivity contribution in [3.8, 4) is 11.5 Å². The number of hydrogen-bond acceptors (Lipinski definition) is 3. The monoisotopic (exact) mass is 230 g/mol. The molecule has 12 heavy (non-hydrogen) atoms. The largest absolute Gasteiger partial charge is 0.504 e. The Bertz CT molecular complexity index is 309. The molecule has 0 saturated heterocycles. The van der Waals surface area contributed by atoms with Gasteiger partial charge in [0.15, 0.2) is 11.5 Å². The Morgan fingerprint density at radius 3 is 2.83 bits per heavy atom. The minimum absolute atomic E-state index is 0.0478. The lowest BCUT2D eigenvalue weighted by molar-refractivity contribution is -0.132. The summed E-state index contributed by atoms with van der Waals surface area (Å²) in [6.07, 6.45) is 0. The van der Waals surface area contributed by atoms with E-state index in [0.29, 0.717) is 0 Å². The summed E-state index contributed by atoms with van der Waals surface area (Å²) in [5.41, 5.74) is 0. The molecule has 64 valence electrons. The van der Waals surface area contributed by atoms with Crippen LogP contribution in [0.25, 0.3) is 0 Å². The van der Waals surface area contributed by atoms with Crippen LogP contribution in [0.4, 0.5) is 0 Å². The lowest BCUT2D eigenvalue weighted by Crippen LogP contribution is -2.01. The van der Waals surface area contributed by atoms with Gasteiger partial charge in [-0.15, -0.1) is 0 Å². The lowest BCUT2D eigenvalue weighted by Gasteiger charge is -2.03. The SMILES string of the molecule is CC(=O)Oc1cc(Br)ccc1O. The van der Waals surface area contributed by atoms with E-state index in [1.165, 1.54) is 19.1 Å². The minimum atomic E-state index is -0.455. The molecule has 0 aromatic heterocycles. The molecule has 1 N–H and O–H groups in total. The van der Waals surface area contributed by atoms with Crippen LogP contribution in [0.1, 0.15) is 6.92 Å². The van der Waals surface area contributed by atoms with Crippen molar-refractivity contribution in [2.45, 2.75) is 6.92 Å². The second-order valence-electron chi connectivity index (χ2n) is 2.21. The summed E-state index contributed by atoms with van der Waals surface area (Å²) in [5.74, 6) is -0.339. The van der Waals surface area contributed by atoms with E-state index in [0.717, 1.165) is 4.47 Å². The molecule has 0 fully saturated rings. The third-order valence-corrected chi connectivity index (χ3v) is 1.67. The van der Waals surface area contributed by atoms with Crippen LogP contribution in [-0.2, 0) is 4.79 Å². The topological polar surface area (TPSA) is 46.5 Å². The molecule has 0 atom stereocenters. The van der Waals surface area contributed by atoms with Gasteiger partial charge in [-0.3, -0.25) is 4.79 Å². The Labute approximate surface area is 78.1 Å². The van der Waals surface area contributed by atoms with Gasteiger partial charge in [0.1, 0.15) is 0 Å². The van der Waals surface area contributed by atoms with Gasteiger partial charge in [-0.1, -0.05) is 15.9 Å². The predicted molar refractivity (Wildman–Crippen MR) is 47.1 cm³/mol. The summed E-state index contributed by atoms with van der Waals surface area (Å²) in [7, 11) is 0. The van der Waals surface area contributed by atoms with E-state index in [9.17, 15) is 9.90 Å². The normalized spacial score (nSPS) is 9.50. The molecule has 0 spiro atoms. The predicted octanol–water partition coefficient (Wildman–Crippen LogP) is 2.08. The average molecular weight is 231 g/mol. The van der Waals surface area contributed by atoms with Crippen LogP contribution in [0.15, 0.2) is 22.7 Å². The standard InChI is InChI=1S/C8H7BrO3/c1-5(10)12-8-4-6(9)2-3-7(8)11/h2-4,11H,1H3. The molecule has 0 aliphatic carbocycles. The number of ether oxygens (including phenoxy) is 1. The van der Waals surface area contributed by atoms with Gasteiger partial charge >= 0.3 is 5.97 Å². The highest BCUT2D eigenvalue weighted by molar-refractivity contribution is 9.10. The van der Waals surface area contributed by atoms with Gasteiger partial charge in [-0.25, -0.2) is 0 Å². The van der Waals surface area contributed by atoms with Gasteiger partial charge in [-0.2, -0.15) is 0 Å². The number of halogens is 1. The van der Waals surface area contributed by atoms with Crippen molar-refractivity contribution in [3.05, 3.63) is 22.7 Å². The van der Waals surface area contributed by atoms with Crippen LogP contribution in [0.3, 0.4) is 0 Å². The molecule has 1 aromatic carbocycles. The second kappa shape index (κ2) is 3.58. The summed E-state index contributed by atoms with van der Waals surface area (Å²) >= 11 is 3.18. The highest BCUT2D eigenvalue weighted by Crippen LogP contribution is 2.28. The third kappa shape index (κ3) is 2.23. The zero-order valence-corrected chi connectivity index (χ0v) is 7.96. The van der Waals surface area contributed by atoms with Crippen molar-refractivity contribution < 1.29 is 14.6 Å². The van der Waals surface area contributed by atoms with Gasteiger partial charge in [0.25, 0.3) is 0 Å². The van der Waals surface area contributed by atoms with Crippen molar-refractivity contribution in [1.82, 2.24) is 0 Å². The first kappa shape index (κ1) is 9.06. The zero-order chi connectivity index (χ0) is 9.14. The van der Waals surface area contributed by atoms with Gasteiger partial charge in [0, 0.05) is 11.4 Å². The molecule has 0 amide bonds. The van der Waals surface area contributed by atoms with Crippen LogP contribution in [0.2, 0.25) is 0 Å². The molecule has 0 unspecified atom stereocenters. The maximum Gasteiger partial charge on any atom is 0.308 e. The van der Waals surface area contributed by atoms with Crippen LogP contribution >= 0.6 is 15.9 Å². The second-order valence-corrected chi connectivity index (χ2v) is 3.12. The van der Waals surface area contributed by atoms with Crippen LogP contribution < -0.4 is 4.74 Å². The van der Waals surface area contributed by atoms with Crippen molar-refractivity contribution in [1.29, 1.82) is 0 Å². The van der Waals surface area contributed by atoms with E-state index in [4.69, 9.17) is 4.74 Å². The fraction of sp³-hybridized carbons (Fsp3) is 0.125. The molecule has 0 radical (unpaired) electrons. The molecule has 0 bridgehead atoms. The molecule has 0 aliphatic rings. The molecule has 4 heteroatoms. The van der Waals surface area contributed by atoms with Crippen molar-refractivity contribution in [2.75, 3.05) is 0 Å². The van der Waals surface area contributed by atoms with E-state index in [-0.39, 0.29) is 11.5 Å². The number of phenols is 1. The number of carbonyl (C=O) groups excluding carboxylic acids is 1. The van der Waals surface area contributed by atoms with Gasteiger partial charge in [0.05, 0.1) is 0 Å². The summed E-state index contributed by atoms with van der Waals surface area (Å²) in [4.78, 5) is 10.5. The van der Waals surface area contributed by atoms with Crippen LogP contribution in [0, 0.1) is 0 Å². The van der Waals surface area contributed by atoms with Crippen LogP contribution in [0.5, 0.6) is 11.5 Å². The fourth-order valence-corrected chi connectivity index (χ4v) is 1.06. The quantitative estimate of drug-likeness (QED) is 0.594. The van der Waals surface area contributed by atoms with Gasteiger partial charge in [0.2, 0.25) is 0 Å². The van der Waals surface area contributed by atoms with Crippen molar-refractivity contribution in [3.63, 3.8) is 0 Å². The molecule has 0 aliphatic heterocycles. The number of aromatic hydroxyl groups is 1. The molecule has 1 aromatic rings. The highest BCUT2D eigenvalue weighted by atomic mass is 79.9. The molecule has 0 heterocycles. The molecule has 3 nitrogen and oxygen atoms in total. The number of benzene rings is 1. The van der Waals surface area contributed by atoms with E-state index in [2.05, 4.69) is 15.9 Å². The van der Waals surface area contributed by atoms with Crippen molar-refractivity contribution in [2.24, 2.45) is 0 Å². The number of hydrogen-bond donors (Lipinski definition) is 1. The Balaban J connectivity index is 2.97. The van der Waals surface area contributed by atoms with E-state index in [1.54, 1.807) is 6.07 Å². The summed E-state index contributed by atoms with van der Waals surface area (Å²) in [5, 5.41) is 9.19. The molecule has 0 saturated carbocycles. The highest BCUT2D eigenvalue weighted by Gasteiger charge is 2.04. The molecule has 1 rings (SSSR count). The smallest absolute Gasteiger partial charge is 0.308 e. The number of rotatable bonds is 1. The summed E-state index contributed by atoms with van der Waals surface area (Å²) < 4.78 is 5.45. The third-order valence-electron chi connectivity index (χ3n) is 1.18. The van der Waals surface area contributed by atoms with Crippen LogP contribution in [-0.4, -0.2) is 11.1 Å². The first-order valence-electron chi connectivity index (χ1n) is 3.26. The van der Waals surface area contributed by atoms with Gasteiger partial charge < -0.3 is 9.84 Å². The Hall–Kier alpha value is -1.03. The Morgan fingerprint density at radius 2 is 2.25 bits per heavy atom. The summed E-state index contributed by atoms with van der Waals surface area (Å²) in [6.45, 7) is 1.28. The molecular formula is C8H7BrO3. The number of carbonyl (C=O) groups is 1. The number of esters is 1. The molecular weight excluding hydrogens is 224 g/mol. The maximum atomic E-state index is 10.5. The first-order valence-corrected chi connectivity index (χ1v) is 4.06. The fourth-order valence-electron chi connectivity index (χ4n) is 0.725. The van der Waals surface area contributed by atoms with Gasteiger partial charge in [-0.05, 0) is 18.2 Å². The zero-order valence-electron chi connectivity index (χ0n) is 6.37. The first-order chi connectivity index (χ1) is 5.59.